The molecule has 1 spiro atoms. The van der Waals surface area contributed by atoms with Crippen LogP contribution in [0.2, 0.25) is 0 Å². The molecule has 5 nitrogen and oxygen atoms in total. The standard InChI is InChI=1S/C27H27NO4S/c1-2-31-24-9-11-25(12-10-24)33(29,30)28-18-16-27(17-19-28)15-14-23-20-22(8-13-26(23)32-27)21-6-4-3-5-7-21/h3-15,20H,2,16-19H2,1H3. The van der Waals surface area contributed by atoms with Gasteiger partial charge in [-0.1, -0.05) is 42.5 Å². The summed E-state index contributed by atoms with van der Waals surface area (Å²) in [4.78, 5) is 0.292. The van der Waals surface area contributed by atoms with Gasteiger partial charge in [0.05, 0.1) is 11.5 Å². The summed E-state index contributed by atoms with van der Waals surface area (Å²) in [6.07, 6.45) is 5.44. The van der Waals surface area contributed by atoms with Crippen molar-refractivity contribution in [3.8, 4) is 22.6 Å². The van der Waals surface area contributed by atoms with Crippen molar-refractivity contribution in [1.29, 1.82) is 0 Å². The van der Waals surface area contributed by atoms with Crippen LogP contribution < -0.4 is 9.47 Å². The number of benzene rings is 3. The molecule has 6 heteroatoms. The highest BCUT2D eigenvalue weighted by atomic mass is 32.2. The van der Waals surface area contributed by atoms with Gasteiger partial charge in [-0.15, -0.1) is 0 Å². The molecule has 0 atom stereocenters. The molecule has 33 heavy (non-hydrogen) atoms. The first-order valence-electron chi connectivity index (χ1n) is 11.3. The lowest BCUT2D eigenvalue weighted by Gasteiger charge is -2.41. The van der Waals surface area contributed by atoms with Gasteiger partial charge in [-0.05, 0) is 60.5 Å². The fourth-order valence-electron chi connectivity index (χ4n) is 4.47. The molecule has 0 aliphatic carbocycles. The van der Waals surface area contributed by atoms with Gasteiger partial charge in [0.2, 0.25) is 10.0 Å². The molecule has 3 aromatic carbocycles. The minimum atomic E-state index is -3.55. The van der Waals surface area contributed by atoms with E-state index in [1.807, 2.05) is 31.2 Å². The quantitative estimate of drug-likeness (QED) is 0.512. The van der Waals surface area contributed by atoms with Gasteiger partial charge < -0.3 is 9.47 Å². The average molecular weight is 462 g/mol. The number of hydrogen-bond acceptors (Lipinski definition) is 4. The van der Waals surface area contributed by atoms with E-state index < -0.39 is 15.6 Å². The fraction of sp³-hybridized carbons (Fsp3) is 0.259. The Morgan fingerprint density at radius 2 is 1.67 bits per heavy atom. The summed E-state index contributed by atoms with van der Waals surface area (Å²) >= 11 is 0. The van der Waals surface area contributed by atoms with Crippen LogP contribution in [0.25, 0.3) is 17.2 Å². The summed E-state index contributed by atoms with van der Waals surface area (Å²) < 4.78 is 39.7. The van der Waals surface area contributed by atoms with Gasteiger partial charge in [0.1, 0.15) is 17.1 Å². The van der Waals surface area contributed by atoms with Gasteiger partial charge in [0, 0.05) is 31.5 Å². The molecule has 3 aromatic rings. The predicted octanol–water partition coefficient (Wildman–Crippen LogP) is 5.38. The lowest BCUT2D eigenvalue weighted by molar-refractivity contribution is 0.0620. The molecular formula is C27H27NO4S. The Hall–Kier alpha value is -3.09. The smallest absolute Gasteiger partial charge is 0.243 e. The number of rotatable bonds is 5. The summed E-state index contributed by atoms with van der Waals surface area (Å²) in [6, 6.07) is 23.1. The van der Waals surface area contributed by atoms with Crippen molar-refractivity contribution in [3.63, 3.8) is 0 Å². The molecule has 2 heterocycles. The van der Waals surface area contributed by atoms with E-state index in [0.717, 1.165) is 16.9 Å². The van der Waals surface area contributed by atoms with Crippen LogP contribution in [0.3, 0.4) is 0 Å². The van der Waals surface area contributed by atoms with E-state index >= 15 is 0 Å². The van der Waals surface area contributed by atoms with Gasteiger partial charge in [-0.2, -0.15) is 4.31 Å². The number of piperidine rings is 1. The molecule has 0 amide bonds. The number of fused-ring (bicyclic) bond motifs is 1. The van der Waals surface area contributed by atoms with Gasteiger partial charge in [-0.25, -0.2) is 8.42 Å². The Labute approximate surface area is 195 Å². The van der Waals surface area contributed by atoms with Crippen molar-refractivity contribution in [2.24, 2.45) is 0 Å². The third-order valence-electron chi connectivity index (χ3n) is 6.34. The normalized spacial score (nSPS) is 17.4. The van der Waals surface area contributed by atoms with Gasteiger partial charge in [0.15, 0.2) is 0 Å². The Balaban J connectivity index is 1.29. The molecule has 170 valence electrons. The highest BCUT2D eigenvalue weighted by Crippen LogP contribution is 2.39. The number of nitrogens with zero attached hydrogens (tertiary/aromatic N) is 1. The molecule has 0 radical (unpaired) electrons. The summed E-state index contributed by atoms with van der Waals surface area (Å²) in [6.45, 7) is 3.27. The highest BCUT2D eigenvalue weighted by molar-refractivity contribution is 7.89. The minimum Gasteiger partial charge on any atom is -0.494 e. The zero-order valence-electron chi connectivity index (χ0n) is 18.6. The largest absolute Gasteiger partial charge is 0.494 e. The van der Waals surface area contributed by atoms with Crippen molar-refractivity contribution < 1.29 is 17.9 Å². The van der Waals surface area contributed by atoms with Gasteiger partial charge in [0.25, 0.3) is 0 Å². The lowest BCUT2D eigenvalue weighted by atomic mass is 9.88. The Morgan fingerprint density at radius 3 is 2.36 bits per heavy atom. The minimum absolute atomic E-state index is 0.292. The van der Waals surface area contributed by atoms with Crippen LogP contribution >= 0.6 is 0 Å². The molecule has 2 aliphatic heterocycles. The molecular weight excluding hydrogens is 434 g/mol. The first-order valence-corrected chi connectivity index (χ1v) is 12.7. The van der Waals surface area contributed by atoms with Crippen molar-refractivity contribution in [2.45, 2.75) is 30.3 Å². The van der Waals surface area contributed by atoms with E-state index in [-0.39, 0.29) is 0 Å². The van der Waals surface area contributed by atoms with E-state index in [2.05, 4.69) is 36.4 Å². The van der Waals surface area contributed by atoms with Gasteiger partial charge >= 0.3 is 0 Å². The second kappa shape index (κ2) is 8.69. The molecule has 1 fully saturated rings. The molecule has 0 bridgehead atoms. The van der Waals surface area contributed by atoms with Gasteiger partial charge in [-0.3, -0.25) is 0 Å². The first-order chi connectivity index (χ1) is 16.0. The third kappa shape index (κ3) is 4.28. The maximum atomic E-state index is 13.1. The topological polar surface area (TPSA) is 55.8 Å². The first kappa shape index (κ1) is 21.7. The molecule has 0 unspecified atom stereocenters. The van der Waals surface area contributed by atoms with Crippen molar-refractivity contribution >= 4 is 16.1 Å². The number of ether oxygens (including phenoxy) is 2. The molecule has 2 aliphatic rings. The van der Waals surface area contributed by atoms with Crippen LogP contribution in [0, 0.1) is 0 Å². The molecule has 1 saturated heterocycles. The van der Waals surface area contributed by atoms with Crippen LogP contribution in [0.5, 0.6) is 11.5 Å². The predicted molar refractivity (Wildman–Crippen MR) is 130 cm³/mol. The monoisotopic (exact) mass is 461 g/mol. The Morgan fingerprint density at radius 1 is 0.939 bits per heavy atom. The van der Waals surface area contributed by atoms with E-state index in [1.165, 1.54) is 5.56 Å². The SMILES string of the molecule is CCOc1ccc(S(=O)(=O)N2CCC3(C=Cc4cc(-c5ccccc5)ccc4O3)CC2)cc1. The maximum Gasteiger partial charge on any atom is 0.243 e. The summed E-state index contributed by atoms with van der Waals surface area (Å²) in [5, 5.41) is 0. The van der Waals surface area contributed by atoms with Crippen LogP contribution in [-0.4, -0.2) is 38.0 Å². The molecule has 0 N–H and O–H groups in total. The third-order valence-corrected chi connectivity index (χ3v) is 8.25. The van der Waals surface area contributed by atoms with E-state index in [9.17, 15) is 8.42 Å². The number of hydrogen-bond donors (Lipinski definition) is 0. The van der Waals surface area contributed by atoms with E-state index in [4.69, 9.17) is 9.47 Å². The van der Waals surface area contributed by atoms with Crippen LogP contribution in [-0.2, 0) is 10.0 Å². The average Bonchev–Trinajstić information content (AvgIpc) is 2.85. The van der Waals surface area contributed by atoms with Crippen LogP contribution in [0.15, 0.2) is 83.8 Å². The van der Waals surface area contributed by atoms with Crippen LogP contribution in [0.4, 0.5) is 0 Å². The second-order valence-electron chi connectivity index (χ2n) is 8.43. The number of sulfonamides is 1. The molecule has 0 aromatic heterocycles. The summed E-state index contributed by atoms with van der Waals surface area (Å²) in [5.41, 5.74) is 2.90. The lowest BCUT2D eigenvalue weighted by Crippen LogP contribution is -2.49. The highest BCUT2D eigenvalue weighted by Gasteiger charge is 2.40. The van der Waals surface area contributed by atoms with Crippen molar-refractivity contribution in [1.82, 2.24) is 4.31 Å². The van der Waals surface area contributed by atoms with Crippen LogP contribution in [0.1, 0.15) is 25.3 Å². The molecule has 0 saturated carbocycles. The zero-order valence-corrected chi connectivity index (χ0v) is 19.4. The summed E-state index contributed by atoms with van der Waals surface area (Å²) in [7, 11) is -3.55. The zero-order chi connectivity index (χ0) is 22.9. The van der Waals surface area contributed by atoms with E-state index in [0.29, 0.717) is 43.2 Å². The van der Waals surface area contributed by atoms with Crippen molar-refractivity contribution in [2.75, 3.05) is 19.7 Å². The Bertz CT molecular complexity index is 1260. The van der Waals surface area contributed by atoms with Crippen molar-refractivity contribution in [3.05, 3.63) is 84.4 Å². The maximum absolute atomic E-state index is 13.1. The van der Waals surface area contributed by atoms with E-state index in [1.54, 1.807) is 28.6 Å². The fourth-order valence-corrected chi connectivity index (χ4v) is 5.92. The summed E-state index contributed by atoms with van der Waals surface area (Å²) in [5.74, 6) is 1.52. The molecule has 5 rings (SSSR count). The Kier molecular flexibility index (Phi) is 5.72. The second-order valence-corrected chi connectivity index (χ2v) is 10.4.